The second-order valence-corrected chi connectivity index (χ2v) is 8.09. The Hall–Kier alpha value is -2.25. The standard InChI is InChI=1S/C19H13BrN2O3S/c1-22-12-5-3-2-4-11(12)19(18(22)24)15-10-8-9(20)6-7-13(10)25-17(23)14(15)16(26)21-19/h2-8,14-15H,1H3,(H,21,26)/t14-,15+,19-/m0/s1. The van der Waals surface area contributed by atoms with Crippen LogP contribution in [0.25, 0.3) is 0 Å². The molecule has 1 spiro atoms. The van der Waals surface area contributed by atoms with Crippen LogP contribution in [0.4, 0.5) is 5.69 Å². The normalized spacial score (nSPS) is 28.5. The van der Waals surface area contributed by atoms with Gasteiger partial charge in [-0.3, -0.25) is 9.59 Å². The number of para-hydroxylation sites is 1. The maximum atomic E-state index is 13.4. The molecule has 3 aliphatic rings. The summed E-state index contributed by atoms with van der Waals surface area (Å²) < 4.78 is 6.37. The fourth-order valence-electron chi connectivity index (χ4n) is 4.44. The molecule has 0 aliphatic carbocycles. The summed E-state index contributed by atoms with van der Waals surface area (Å²) in [4.78, 5) is 28.1. The van der Waals surface area contributed by atoms with E-state index in [1.807, 2.05) is 36.4 Å². The monoisotopic (exact) mass is 428 g/mol. The maximum absolute atomic E-state index is 13.4. The number of thiocarbonyl (C=S) groups is 1. The molecule has 2 aromatic carbocycles. The van der Waals surface area contributed by atoms with Crippen LogP contribution in [-0.2, 0) is 15.1 Å². The molecule has 0 radical (unpaired) electrons. The highest BCUT2D eigenvalue weighted by Crippen LogP contribution is 2.57. The number of hydrogen-bond donors (Lipinski definition) is 1. The van der Waals surface area contributed by atoms with Crippen molar-refractivity contribution in [3.8, 4) is 5.75 Å². The summed E-state index contributed by atoms with van der Waals surface area (Å²) in [6.07, 6.45) is 0. The van der Waals surface area contributed by atoms with Crippen molar-refractivity contribution in [2.75, 3.05) is 11.9 Å². The van der Waals surface area contributed by atoms with Gasteiger partial charge >= 0.3 is 5.97 Å². The molecule has 7 heteroatoms. The Morgan fingerprint density at radius 2 is 2.00 bits per heavy atom. The van der Waals surface area contributed by atoms with E-state index in [-0.39, 0.29) is 5.91 Å². The number of benzene rings is 2. The van der Waals surface area contributed by atoms with E-state index in [9.17, 15) is 9.59 Å². The maximum Gasteiger partial charge on any atom is 0.322 e. The third kappa shape index (κ3) is 1.77. The molecule has 26 heavy (non-hydrogen) atoms. The topological polar surface area (TPSA) is 58.6 Å². The molecule has 0 unspecified atom stereocenters. The molecule has 1 N–H and O–H groups in total. The van der Waals surface area contributed by atoms with Gasteiger partial charge < -0.3 is 15.0 Å². The molecular formula is C19H13BrN2O3S. The quantitative estimate of drug-likeness (QED) is 0.397. The molecule has 130 valence electrons. The van der Waals surface area contributed by atoms with Gasteiger partial charge in [-0.05, 0) is 24.3 Å². The number of likely N-dealkylation sites (N-methyl/N-ethyl adjacent to an activating group) is 1. The Morgan fingerprint density at radius 3 is 2.81 bits per heavy atom. The van der Waals surface area contributed by atoms with Crippen LogP contribution in [0.2, 0.25) is 0 Å². The Balaban J connectivity index is 1.84. The number of rotatable bonds is 0. The minimum Gasteiger partial charge on any atom is -0.426 e. The van der Waals surface area contributed by atoms with Crippen molar-refractivity contribution in [1.82, 2.24) is 5.32 Å². The largest absolute Gasteiger partial charge is 0.426 e. The van der Waals surface area contributed by atoms with Crippen molar-refractivity contribution >= 4 is 50.7 Å². The Labute approximate surface area is 163 Å². The Bertz CT molecular complexity index is 1020. The number of nitrogens with zero attached hydrogens (tertiary/aromatic N) is 1. The van der Waals surface area contributed by atoms with Gasteiger partial charge in [-0.1, -0.05) is 46.3 Å². The molecule has 5 rings (SSSR count). The fourth-order valence-corrected chi connectivity index (χ4v) is 5.22. The van der Waals surface area contributed by atoms with Crippen molar-refractivity contribution < 1.29 is 14.3 Å². The third-order valence-corrected chi connectivity index (χ3v) is 6.36. The summed E-state index contributed by atoms with van der Waals surface area (Å²) in [5, 5.41) is 3.22. The summed E-state index contributed by atoms with van der Waals surface area (Å²) >= 11 is 8.98. The van der Waals surface area contributed by atoms with E-state index in [0.29, 0.717) is 10.7 Å². The van der Waals surface area contributed by atoms with Crippen LogP contribution in [0.5, 0.6) is 5.75 Å². The van der Waals surface area contributed by atoms with E-state index >= 15 is 0 Å². The van der Waals surface area contributed by atoms with Crippen molar-refractivity contribution in [3.05, 3.63) is 58.1 Å². The summed E-state index contributed by atoms with van der Waals surface area (Å²) in [6.45, 7) is 0. The van der Waals surface area contributed by atoms with E-state index in [1.54, 1.807) is 18.0 Å². The van der Waals surface area contributed by atoms with E-state index in [0.717, 1.165) is 21.3 Å². The number of carbonyl (C=O) groups excluding carboxylic acids is 2. The predicted molar refractivity (Wildman–Crippen MR) is 103 cm³/mol. The molecule has 3 atom stereocenters. The van der Waals surface area contributed by atoms with Crippen molar-refractivity contribution in [1.29, 1.82) is 0 Å². The molecule has 0 bridgehead atoms. The van der Waals surface area contributed by atoms with Crippen molar-refractivity contribution in [2.24, 2.45) is 5.92 Å². The van der Waals surface area contributed by atoms with Crippen LogP contribution >= 0.6 is 28.1 Å². The molecule has 3 aliphatic heterocycles. The molecule has 1 amide bonds. The minimum absolute atomic E-state index is 0.117. The number of amides is 1. The summed E-state index contributed by atoms with van der Waals surface area (Å²) in [5.74, 6) is -1.20. The van der Waals surface area contributed by atoms with Gasteiger partial charge in [0.25, 0.3) is 5.91 Å². The van der Waals surface area contributed by atoms with E-state index in [2.05, 4.69) is 21.2 Å². The molecule has 2 aromatic rings. The molecular weight excluding hydrogens is 416 g/mol. The van der Waals surface area contributed by atoms with Gasteiger partial charge in [0.15, 0.2) is 5.54 Å². The fraction of sp³-hybridized carbons (Fsp3) is 0.211. The third-order valence-electron chi connectivity index (χ3n) is 5.51. The minimum atomic E-state index is -1.10. The molecule has 3 heterocycles. The average molecular weight is 429 g/mol. The predicted octanol–water partition coefficient (Wildman–Crippen LogP) is 2.87. The highest BCUT2D eigenvalue weighted by atomic mass is 79.9. The van der Waals surface area contributed by atoms with Gasteiger partial charge in [0.2, 0.25) is 0 Å². The Kier molecular flexibility index (Phi) is 3.16. The second-order valence-electron chi connectivity index (χ2n) is 6.74. The van der Waals surface area contributed by atoms with Gasteiger partial charge in [0, 0.05) is 34.3 Å². The first kappa shape index (κ1) is 16.0. The van der Waals surface area contributed by atoms with Gasteiger partial charge in [0.05, 0.1) is 4.99 Å². The SMILES string of the molecule is CN1C(=O)[C@]2(NC(=S)[C@H]3C(=O)Oc4ccc(Br)cc4[C@H]32)c2ccccc21. The van der Waals surface area contributed by atoms with Crippen molar-refractivity contribution in [3.63, 3.8) is 0 Å². The van der Waals surface area contributed by atoms with E-state index < -0.39 is 23.3 Å². The van der Waals surface area contributed by atoms with Crippen LogP contribution in [-0.4, -0.2) is 23.9 Å². The van der Waals surface area contributed by atoms with E-state index in [1.165, 1.54) is 0 Å². The number of ether oxygens (including phenoxy) is 1. The molecule has 5 nitrogen and oxygen atoms in total. The first-order valence-corrected chi connectivity index (χ1v) is 9.36. The lowest BCUT2D eigenvalue weighted by Crippen LogP contribution is -2.50. The highest BCUT2D eigenvalue weighted by Gasteiger charge is 2.66. The van der Waals surface area contributed by atoms with Gasteiger partial charge in [-0.25, -0.2) is 0 Å². The number of anilines is 1. The molecule has 0 saturated carbocycles. The smallest absolute Gasteiger partial charge is 0.322 e. The van der Waals surface area contributed by atoms with Crippen LogP contribution < -0.4 is 15.0 Å². The lowest BCUT2D eigenvalue weighted by Gasteiger charge is -2.35. The van der Waals surface area contributed by atoms with Gasteiger partial charge in [-0.15, -0.1) is 0 Å². The van der Waals surface area contributed by atoms with E-state index in [4.69, 9.17) is 17.0 Å². The van der Waals surface area contributed by atoms with Crippen LogP contribution in [0, 0.1) is 5.92 Å². The highest BCUT2D eigenvalue weighted by molar-refractivity contribution is 9.10. The van der Waals surface area contributed by atoms with Crippen LogP contribution in [0.1, 0.15) is 17.0 Å². The summed E-state index contributed by atoms with van der Waals surface area (Å²) in [7, 11) is 1.75. The molecule has 0 aromatic heterocycles. The first-order valence-electron chi connectivity index (χ1n) is 8.16. The number of fused-ring (bicyclic) bond motifs is 6. The zero-order valence-corrected chi connectivity index (χ0v) is 16.1. The van der Waals surface area contributed by atoms with Gasteiger partial charge in [0.1, 0.15) is 11.7 Å². The Morgan fingerprint density at radius 1 is 1.23 bits per heavy atom. The number of halogens is 1. The number of hydrogen-bond acceptors (Lipinski definition) is 4. The molecule has 1 fully saturated rings. The summed E-state index contributed by atoms with van der Waals surface area (Å²) in [6, 6.07) is 13.1. The zero-order chi connectivity index (χ0) is 18.2. The van der Waals surface area contributed by atoms with Crippen molar-refractivity contribution in [2.45, 2.75) is 11.5 Å². The van der Waals surface area contributed by atoms with Crippen LogP contribution in [0.3, 0.4) is 0 Å². The molecule has 1 saturated heterocycles. The lowest BCUT2D eigenvalue weighted by atomic mass is 9.71. The first-order chi connectivity index (χ1) is 12.4. The average Bonchev–Trinajstić information content (AvgIpc) is 3.05. The second kappa shape index (κ2) is 5.14. The van der Waals surface area contributed by atoms with Gasteiger partial charge in [-0.2, -0.15) is 0 Å². The number of carbonyl (C=O) groups is 2. The lowest BCUT2D eigenvalue weighted by molar-refractivity contribution is -0.139. The van der Waals surface area contributed by atoms with Crippen LogP contribution in [0.15, 0.2) is 46.9 Å². The summed E-state index contributed by atoms with van der Waals surface area (Å²) in [5.41, 5.74) is 1.36. The number of nitrogens with one attached hydrogen (secondary N) is 1. The zero-order valence-electron chi connectivity index (χ0n) is 13.7. The number of esters is 1.